The first kappa shape index (κ1) is 15.8. The van der Waals surface area contributed by atoms with E-state index in [-0.39, 0.29) is 6.03 Å². The molecule has 6 nitrogen and oxygen atoms in total. The van der Waals surface area contributed by atoms with Gasteiger partial charge in [0.2, 0.25) is 0 Å². The van der Waals surface area contributed by atoms with Gasteiger partial charge in [0, 0.05) is 24.1 Å². The Hall–Kier alpha value is -2.08. The Morgan fingerprint density at radius 3 is 2.87 bits per heavy atom. The van der Waals surface area contributed by atoms with Gasteiger partial charge in [-0.1, -0.05) is 30.9 Å². The number of pyridine rings is 1. The van der Waals surface area contributed by atoms with Crippen LogP contribution in [0, 0.1) is 6.92 Å². The van der Waals surface area contributed by atoms with E-state index >= 15 is 0 Å². The molecule has 7 heteroatoms. The molecule has 2 aromatic heterocycles. The lowest BCUT2D eigenvalue weighted by Gasteiger charge is -2.21. The lowest BCUT2D eigenvalue weighted by molar-refractivity contribution is 0.262. The smallest absolute Gasteiger partial charge is 0.307 e. The fourth-order valence-electron chi connectivity index (χ4n) is 2.86. The van der Waals surface area contributed by atoms with Crippen molar-refractivity contribution in [2.24, 2.45) is 0 Å². The third-order valence-electron chi connectivity index (χ3n) is 4.12. The van der Waals surface area contributed by atoms with Gasteiger partial charge in [-0.15, -0.1) is 0 Å². The normalized spacial score (nSPS) is 15.4. The molecule has 0 saturated heterocycles. The van der Waals surface area contributed by atoms with E-state index in [1.807, 2.05) is 23.9 Å². The molecule has 2 amide bonds. The van der Waals surface area contributed by atoms with Gasteiger partial charge in [-0.05, 0) is 31.4 Å². The quantitative estimate of drug-likeness (QED) is 0.818. The summed E-state index contributed by atoms with van der Waals surface area (Å²) < 4.78 is 1.96. The molecule has 2 N–H and O–H groups in total. The van der Waals surface area contributed by atoms with Gasteiger partial charge in [-0.2, -0.15) is 5.10 Å². The van der Waals surface area contributed by atoms with E-state index in [1.165, 1.54) is 19.3 Å². The molecule has 0 aliphatic heterocycles. The predicted molar refractivity (Wildman–Crippen MR) is 91.0 cm³/mol. The maximum atomic E-state index is 12.1. The molecule has 1 aliphatic carbocycles. The first-order valence-corrected chi connectivity index (χ1v) is 8.25. The molecule has 1 fully saturated rings. The van der Waals surface area contributed by atoms with Gasteiger partial charge in [-0.3, -0.25) is 10.00 Å². The van der Waals surface area contributed by atoms with Crippen molar-refractivity contribution in [3.05, 3.63) is 35.2 Å². The number of carbonyl (C=O) groups excluding carboxylic acids is 1. The largest absolute Gasteiger partial charge is 0.324 e. The molecule has 23 heavy (non-hydrogen) atoms. The van der Waals surface area contributed by atoms with Gasteiger partial charge in [0.15, 0.2) is 5.82 Å². The molecule has 0 aromatic carbocycles. The van der Waals surface area contributed by atoms with Crippen LogP contribution in [0.5, 0.6) is 0 Å². The van der Waals surface area contributed by atoms with Crippen LogP contribution in [0.15, 0.2) is 24.5 Å². The number of amides is 2. The van der Waals surface area contributed by atoms with Crippen LogP contribution in [0.4, 0.5) is 16.3 Å². The van der Waals surface area contributed by atoms with E-state index < -0.39 is 0 Å². The number of aryl methyl sites for hydroxylation is 1. The zero-order chi connectivity index (χ0) is 16.2. The highest BCUT2D eigenvalue weighted by Gasteiger charge is 2.16. The highest BCUT2D eigenvalue weighted by molar-refractivity contribution is 6.29. The summed E-state index contributed by atoms with van der Waals surface area (Å²) in [7, 11) is 0. The number of nitrogens with zero attached hydrogens (tertiary/aromatic N) is 3. The van der Waals surface area contributed by atoms with Crippen LogP contribution in [0.2, 0.25) is 5.15 Å². The molecule has 1 saturated carbocycles. The molecule has 3 rings (SSSR count). The van der Waals surface area contributed by atoms with Crippen LogP contribution >= 0.6 is 11.6 Å². The Balaban J connectivity index is 1.61. The number of hydrogen-bond acceptors (Lipinski definition) is 3. The summed E-state index contributed by atoms with van der Waals surface area (Å²) in [5.74, 6) is 0.547. The van der Waals surface area contributed by atoms with Crippen molar-refractivity contribution in [1.82, 2.24) is 14.8 Å². The second kappa shape index (κ2) is 7.00. The lowest BCUT2D eigenvalue weighted by Crippen LogP contribution is -2.21. The van der Waals surface area contributed by atoms with Crippen molar-refractivity contribution in [2.45, 2.75) is 45.1 Å². The van der Waals surface area contributed by atoms with E-state index in [1.54, 1.807) is 12.3 Å². The SMILES string of the molecule is Cc1cnc(Cl)cc1NC(=O)Nc1ccn(C2CCCCC2)n1. The lowest BCUT2D eigenvalue weighted by atomic mass is 9.96. The Morgan fingerprint density at radius 1 is 1.30 bits per heavy atom. The minimum Gasteiger partial charge on any atom is -0.307 e. The average molecular weight is 334 g/mol. The first-order chi connectivity index (χ1) is 11.1. The van der Waals surface area contributed by atoms with Crippen LogP contribution < -0.4 is 10.6 Å². The standard InChI is InChI=1S/C16H20ClN5O/c1-11-10-18-14(17)9-13(11)19-16(23)20-15-7-8-22(21-15)12-5-3-2-4-6-12/h7-10,12H,2-6H2,1H3,(H2,18,19,20,21,23). The van der Waals surface area contributed by atoms with E-state index in [0.717, 1.165) is 18.4 Å². The minimum atomic E-state index is -0.343. The topological polar surface area (TPSA) is 71.8 Å². The molecule has 0 unspecified atom stereocenters. The van der Waals surface area contributed by atoms with Gasteiger partial charge in [0.25, 0.3) is 0 Å². The van der Waals surface area contributed by atoms with Crippen molar-refractivity contribution >= 4 is 29.1 Å². The number of carbonyl (C=O) groups is 1. The van der Waals surface area contributed by atoms with E-state index in [9.17, 15) is 4.79 Å². The summed E-state index contributed by atoms with van der Waals surface area (Å²) in [6.45, 7) is 1.86. The first-order valence-electron chi connectivity index (χ1n) is 7.87. The van der Waals surface area contributed by atoms with Crippen LogP contribution in [0.3, 0.4) is 0 Å². The van der Waals surface area contributed by atoms with Crippen LogP contribution in [-0.4, -0.2) is 20.8 Å². The van der Waals surface area contributed by atoms with Crippen LogP contribution in [0.25, 0.3) is 0 Å². The number of halogens is 1. The average Bonchev–Trinajstić information content (AvgIpc) is 3.00. The molecule has 122 valence electrons. The van der Waals surface area contributed by atoms with Gasteiger partial charge >= 0.3 is 6.03 Å². The fourth-order valence-corrected chi connectivity index (χ4v) is 3.01. The van der Waals surface area contributed by atoms with Gasteiger partial charge in [0.05, 0.1) is 6.04 Å². The third kappa shape index (κ3) is 4.01. The van der Waals surface area contributed by atoms with E-state index in [2.05, 4.69) is 20.7 Å². The molecule has 0 spiro atoms. The zero-order valence-electron chi connectivity index (χ0n) is 13.1. The van der Waals surface area contributed by atoms with Crippen molar-refractivity contribution in [2.75, 3.05) is 10.6 Å². The predicted octanol–water partition coefficient (Wildman–Crippen LogP) is 4.39. The van der Waals surface area contributed by atoms with Gasteiger partial charge in [-0.25, -0.2) is 9.78 Å². The van der Waals surface area contributed by atoms with Crippen LogP contribution in [-0.2, 0) is 0 Å². The van der Waals surface area contributed by atoms with E-state index in [4.69, 9.17) is 11.6 Å². The minimum absolute atomic E-state index is 0.340. The highest BCUT2D eigenvalue weighted by Crippen LogP contribution is 2.28. The van der Waals surface area contributed by atoms with E-state index in [0.29, 0.717) is 22.7 Å². The monoisotopic (exact) mass is 333 g/mol. The summed E-state index contributed by atoms with van der Waals surface area (Å²) in [6, 6.07) is 3.55. The molecule has 1 aliphatic rings. The van der Waals surface area contributed by atoms with Crippen molar-refractivity contribution in [3.63, 3.8) is 0 Å². The number of anilines is 2. The third-order valence-corrected chi connectivity index (χ3v) is 4.32. The maximum absolute atomic E-state index is 12.1. The summed E-state index contributed by atoms with van der Waals surface area (Å²) in [6.07, 6.45) is 9.66. The number of urea groups is 1. The number of rotatable bonds is 3. The Bertz CT molecular complexity index is 694. The number of hydrogen-bond donors (Lipinski definition) is 2. The Labute approximate surface area is 140 Å². The maximum Gasteiger partial charge on any atom is 0.324 e. The summed E-state index contributed by atoms with van der Waals surface area (Å²) >= 11 is 5.85. The molecule has 0 radical (unpaired) electrons. The highest BCUT2D eigenvalue weighted by atomic mass is 35.5. The van der Waals surface area contributed by atoms with Crippen molar-refractivity contribution < 1.29 is 4.79 Å². The molecule has 2 aromatic rings. The summed E-state index contributed by atoms with van der Waals surface area (Å²) in [5, 5.41) is 10.3. The summed E-state index contributed by atoms with van der Waals surface area (Å²) in [5.41, 5.74) is 1.48. The van der Waals surface area contributed by atoms with Gasteiger partial charge < -0.3 is 5.32 Å². The second-order valence-electron chi connectivity index (χ2n) is 5.87. The Kier molecular flexibility index (Phi) is 4.81. The molecule has 0 atom stereocenters. The number of aromatic nitrogens is 3. The molecule has 0 bridgehead atoms. The molecule has 2 heterocycles. The molecular weight excluding hydrogens is 314 g/mol. The van der Waals surface area contributed by atoms with Gasteiger partial charge in [0.1, 0.15) is 5.15 Å². The van der Waals surface area contributed by atoms with Crippen LogP contribution in [0.1, 0.15) is 43.7 Å². The zero-order valence-corrected chi connectivity index (χ0v) is 13.8. The van der Waals surface area contributed by atoms with Crippen molar-refractivity contribution in [1.29, 1.82) is 0 Å². The second-order valence-corrected chi connectivity index (χ2v) is 6.26. The summed E-state index contributed by atoms with van der Waals surface area (Å²) in [4.78, 5) is 16.1. The van der Waals surface area contributed by atoms with Crippen molar-refractivity contribution in [3.8, 4) is 0 Å². The Morgan fingerprint density at radius 2 is 2.09 bits per heavy atom. The fraction of sp³-hybridized carbons (Fsp3) is 0.438. The molecular formula is C16H20ClN5O. The number of nitrogens with one attached hydrogen (secondary N) is 2.